The van der Waals surface area contributed by atoms with E-state index in [2.05, 4.69) is 45.5 Å². The molecule has 0 radical (unpaired) electrons. The summed E-state index contributed by atoms with van der Waals surface area (Å²) in [5.41, 5.74) is 0.385. The van der Waals surface area contributed by atoms with Crippen LogP contribution in [0, 0.1) is 0 Å². The average Bonchev–Trinajstić information content (AvgIpc) is 2.46. The number of hydrogen-bond donors (Lipinski definition) is 1. The van der Waals surface area contributed by atoms with Crippen LogP contribution in [0.3, 0.4) is 0 Å². The van der Waals surface area contributed by atoms with Crippen molar-refractivity contribution in [1.82, 2.24) is 0 Å². The van der Waals surface area contributed by atoms with E-state index in [9.17, 15) is 5.11 Å². The van der Waals surface area contributed by atoms with E-state index in [1.54, 1.807) is 0 Å². The third kappa shape index (κ3) is 1.19. The molecule has 0 saturated heterocycles. The van der Waals surface area contributed by atoms with Gasteiger partial charge in [0.25, 0.3) is 0 Å². The van der Waals surface area contributed by atoms with Crippen LogP contribution in [0.15, 0.2) is 24.4 Å². The molecular weight excluding hydrogens is 313 g/mol. The van der Waals surface area contributed by atoms with Crippen LogP contribution in [0.1, 0.15) is 44.3 Å². The molecule has 3 atom stereocenters. The van der Waals surface area contributed by atoms with Gasteiger partial charge in [-0.05, 0) is 25.8 Å². The highest BCUT2D eigenvalue weighted by atomic mass is 127. The van der Waals surface area contributed by atoms with E-state index in [1.807, 2.05) is 13.0 Å². The summed E-state index contributed by atoms with van der Waals surface area (Å²) >= 11 is 2.51. The third-order valence-electron chi connectivity index (χ3n) is 4.33. The smallest absolute Gasteiger partial charge is 0.214 e. The van der Waals surface area contributed by atoms with Crippen molar-refractivity contribution in [2.45, 2.75) is 47.7 Å². The van der Waals surface area contributed by atoms with Crippen LogP contribution >= 0.6 is 22.6 Å². The maximum Gasteiger partial charge on any atom is 0.214 e. The third-order valence-corrected chi connectivity index (χ3v) is 6.64. The van der Waals surface area contributed by atoms with Gasteiger partial charge in [0, 0.05) is 18.6 Å². The molecule has 16 heavy (non-hydrogen) atoms. The first-order valence-corrected chi connectivity index (χ1v) is 7.07. The summed E-state index contributed by atoms with van der Waals surface area (Å²) in [6.07, 6.45) is 6.96. The maximum atomic E-state index is 10.9. The van der Waals surface area contributed by atoms with Crippen molar-refractivity contribution >= 4 is 22.6 Å². The lowest BCUT2D eigenvalue weighted by Crippen LogP contribution is -2.48. The van der Waals surface area contributed by atoms with Crippen LogP contribution in [0.4, 0.5) is 0 Å². The van der Waals surface area contributed by atoms with Gasteiger partial charge in [-0.1, -0.05) is 29.0 Å². The quantitative estimate of drug-likeness (QED) is 0.441. The minimum absolute atomic E-state index is 0.0165. The molecule has 2 aliphatic rings. The highest BCUT2D eigenvalue weighted by molar-refractivity contribution is 14.1. The van der Waals surface area contributed by atoms with Gasteiger partial charge in [0.2, 0.25) is 5.69 Å². The molecule has 1 aliphatic heterocycles. The van der Waals surface area contributed by atoms with Gasteiger partial charge < -0.3 is 5.11 Å². The molecule has 2 nitrogen and oxygen atoms in total. The fourth-order valence-electron chi connectivity index (χ4n) is 3.40. The Morgan fingerprint density at radius 3 is 3.06 bits per heavy atom. The Hall–Kier alpha value is -0.160. The summed E-state index contributed by atoms with van der Waals surface area (Å²) in [6, 6.07) is 6.63. The van der Waals surface area contributed by atoms with Crippen molar-refractivity contribution in [3.63, 3.8) is 0 Å². The van der Waals surface area contributed by atoms with E-state index in [1.165, 1.54) is 19.3 Å². The summed E-state index contributed by atoms with van der Waals surface area (Å²) in [5, 5.41) is 10.9. The Labute approximate surface area is 110 Å². The molecule has 0 amide bonds. The number of pyridine rings is 1. The van der Waals surface area contributed by atoms with E-state index in [-0.39, 0.29) is 3.42 Å². The lowest BCUT2D eigenvalue weighted by atomic mass is 9.76. The summed E-state index contributed by atoms with van der Waals surface area (Å²) in [5.74, 6) is 0. The Balaban J connectivity index is 2.21. The van der Waals surface area contributed by atoms with E-state index in [0.717, 1.165) is 12.1 Å². The number of alkyl halides is 1. The van der Waals surface area contributed by atoms with Crippen LogP contribution in [0.5, 0.6) is 0 Å². The van der Waals surface area contributed by atoms with Crippen LogP contribution in [-0.4, -0.2) is 8.53 Å². The SMILES string of the molecule is CC1(O)c2cccc[n+]2C2CCCCC21I. The lowest BCUT2D eigenvalue weighted by Gasteiger charge is -2.36. The molecule has 3 rings (SSSR count). The van der Waals surface area contributed by atoms with Crippen molar-refractivity contribution < 1.29 is 9.67 Å². The first-order chi connectivity index (χ1) is 7.57. The van der Waals surface area contributed by atoms with Gasteiger partial charge in [-0.15, -0.1) is 0 Å². The number of aliphatic hydroxyl groups is 1. The highest BCUT2D eigenvalue weighted by Crippen LogP contribution is 2.55. The first-order valence-electron chi connectivity index (χ1n) is 5.99. The van der Waals surface area contributed by atoms with Crippen LogP contribution < -0.4 is 4.57 Å². The summed E-state index contributed by atoms with van der Waals surface area (Å²) in [4.78, 5) is 0. The zero-order valence-corrected chi connectivity index (χ0v) is 11.6. The zero-order valence-electron chi connectivity index (χ0n) is 9.49. The minimum atomic E-state index is -0.695. The van der Waals surface area contributed by atoms with Crippen LogP contribution in [0.25, 0.3) is 0 Å². The van der Waals surface area contributed by atoms with Crippen LogP contribution in [-0.2, 0) is 5.60 Å². The number of nitrogens with zero attached hydrogens (tertiary/aromatic N) is 1. The van der Waals surface area contributed by atoms with Gasteiger partial charge in [-0.2, -0.15) is 4.57 Å². The second-order valence-corrected chi connectivity index (χ2v) is 7.11. The molecule has 1 saturated carbocycles. The highest BCUT2D eigenvalue weighted by Gasteiger charge is 2.65. The van der Waals surface area contributed by atoms with Crippen molar-refractivity contribution in [1.29, 1.82) is 0 Å². The van der Waals surface area contributed by atoms with Crippen molar-refractivity contribution in [3.8, 4) is 0 Å². The molecular formula is C13H17INO+. The Kier molecular flexibility index (Phi) is 2.34. The molecule has 1 aromatic heterocycles. The normalized spacial score (nSPS) is 41.6. The number of halogens is 1. The molecule has 0 bridgehead atoms. The Morgan fingerprint density at radius 2 is 2.25 bits per heavy atom. The number of fused-ring (bicyclic) bond motifs is 3. The van der Waals surface area contributed by atoms with E-state index >= 15 is 0 Å². The fraction of sp³-hybridized carbons (Fsp3) is 0.615. The van der Waals surface area contributed by atoms with Crippen molar-refractivity contribution in [3.05, 3.63) is 30.1 Å². The molecule has 1 N–H and O–H groups in total. The second kappa shape index (κ2) is 3.42. The molecule has 1 aliphatic carbocycles. The molecule has 3 heteroatoms. The molecule has 0 aromatic carbocycles. The monoisotopic (exact) mass is 330 g/mol. The second-order valence-electron chi connectivity index (χ2n) is 5.19. The zero-order chi connectivity index (χ0) is 11.4. The lowest BCUT2D eigenvalue weighted by molar-refractivity contribution is -0.720. The van der Waals surface area contributed by atoms with Gasteiger partial charge in [-0.3, -0.25) is 0 Å². The Morgan fingerprint density at radius 1 is 1.44 bits per heavy atom. The predicted octanol–water partition coefficient (Wildman–Crippen LogP) is 2.48. The van der Waals surface area contributed by atoms with Crippen molar-refractivity contribution in [2.24, 2.45) is 0 Å². The van der Waals surface area contributed by atoms with Crippen LogP contribution in [0.2, 0.25) is 0 Å². The summed E-state index contributed by atoms with van der Waals surface area (Å²) in [6.45, 7) is 1.98. The van der Waals surface area contributed by atoms with Gasteiger partial charge in [-0.25, -0.2) is 0 Å². The molecule has 2 heterocycles. The van der Waals surface area contributed by atoms with Gasteiger partial charge in [0.05, 0.1) is 0 Å². The number of aromatic nitrogens is 1. The van der Waals surface area contributed by atoms with E-state index in [0.29, 0.717) is 6.04 Å². The van der Waals surface area contributed by atoms with Gasteiger partial charge in [0.1, 0.15) is 3.42 Å². The minimum Gasteiger partial charge on any atom is -0.377 e. The molecule has 1 aromatic rings. The largest absolute Gasteiger partial charge is 0.377 e. The molecule has 86 valence electrons. The van der Waals surface area contributed by atoms with E-state index in [4.69, 9.17) is 0 Å². The van der Waals surface area contributed by atoms with Gasteiger partial charge >= 0.3 is 0 Å². The first kappa shape index (κ1) is 11.0. The topological polar surface area (TPSA) is 24.1 Å². The summed E-state index contributed by atoms with van der Waals surface area (Å²) < 4.78 is 2.28. The van der Waals surface area contributed by atoms with E-state index < -0.39 is 5.60 Å². The fourth-order valence-corrected chi connectivity index (χ4v) is 4.67. The predicted molar refractivity (Wildman–Crippen MR) is 70.5 cm³/mol. The molecule has 3 unspecified atom stereocenters. The van der Waals surface area contributed by atoms with Gasteiger partial charge in [0.15, 0.2) is 17.8 Å². The standard InChI is InChI=1S/C13H17INO/c1-12(16)10-6-3-5-9-15(10)11-7-2-4-8-13(11,12)14/h3,5-6,9,11,16H,2,4,7-8H2,1H3/q+1. The number of rotatable bonds is 0. The maximum absolute atomic E-state index is 10.9. The number of hydrogen-bond acceptors (Lipinski definition) is 1. The Bertz CT molecular complexity index is 432. The molecule has 0 spiro atoms. The summed E-state index contributed by atoms with van der Waals surface area (Å²) in [7, 11) is 0. The molecule has 1 fully saturated rings. The van der Waals surface area contributed by atoms with Crippen molar-refractivity contribution in [2.75, 3.05) is 0 Å². The average molecular weight is 330 g/mol.